The van der Waals surface area contributed by atoms with Crippen LogP contribution in [0.5, 0.6) is 5.75 Å². The molecule has 3 rings (SSSR count). The summed E-state index contributed by atoms with van der Waals surface area (Å²) in [6, 6.07) is 6.12. The van der Waals surface area contributed by atoms with Crippen LogP contribution in [-0.2, 0) is 19.5 Å². The average Bonchev–Trinajstić information content (AvgIpc) is 2.88. The van der Waals surface area contributed by atoms with Crippen LogP contribution >= 0.6 is 0 Å². The number of anilines is 1. The van der Waals surface area contributed by atoms with Gasteiger partial charge in [-0.1, -0.05) is 6.07 Å². The lowest BCUT2D eigenvalue weighted by molar-refractivity contribution is 0.416. The summed E-state index contributed by atoms with van der Waals surface area (Å²) in [7, 11) is 1.69. The normalized spacial score (nSPS) is 13.9. The molecule has 1 aromatic heterocycles. The van der Waals surface area contributed by atoms with E-state index in [-0.39, 0.29) is 0 Å². The minimum absolute atomic E-state index is 0.673. The summed E-state index contributed by atoms with van der Waals surface area (Å²) < 4.78 is 7.61. The van der Waals surface area contributed by atoms with Gasteiger partial charge in [-0.25, -0.2) is 0 Å². The van der Waals surface area contributed by atoms with Gasteiger partial charge in [0, 0.05) is 13.0 Å². The molecule has 0 aliphatic carbocycles. The van der Waals surface area contributed by atoms with Gasteiger partial charge in [-0.2, -0.15) is 0 Å². The molecule has 0 atom stereocenters. The summed E-state index contributed by atoms with van der Waals surface area (Å²) >= 11 is 0. The van der Waals surface area contributed by atoms with E-state index >= 15 is 0 Å². The van der Waals surface area contributed by atoms with Crippen LogP contribution in [-0.4, -0.2) is 21.9 Å². The van der Waals surface area contributed by atoms with Crippen LogP contribution < -0.4 is 10.1 Å². The Kier molecular flexibility index (Phi) is 3.58. The number of aryl methyl sites for hydroxylation is 2. The highest BCUT2D eigenvalue weighted by atomic mass is 16.5. The van der Waals surface area contributed by atoms with Gasteiger partial charge in [0.15, 0.2) is 5.82 Å². The van der Waals surface area contributed by atoms with Gasteiger partial charge < -0.3 is 14.6 Å². The van der Waals surface area contributed by atoms with E-state index < -0.39 is 0 Å². The monoisotopic (exact) mass is 272 g/mol. The number of nitrogens with one attached hydrogen (secondary N) is 1. The Morgan fingerprint density at radius 3 is 3.05 bits per heavy atom. The van der Waals surface area contributed by atoms with Crippen LogP contribution in [0, 0.1) is 6.92 Å². The fraction of sp³-hybridized carbons (Fsp3) is 0.467. The average molecular weight is 272 g/mol. The van der Waals surface area contributed by atoms with Crippen LogP contribution in [0.2, 0.25) is 0 Å². The van der Waals surface area contributed by atoms with Crippen molar-refractivity contribution in [3.63, 3.8) is 0 Å². The fourth-order valence-corrected chi connectivity index (χ4v) is 2.63. The molecule has 2 heterocycles. The van der Waals surface area contributed by atoms with Crippen LogP contribution in [0.3, 0.4) is 0 Å². The molecule has 0 saturated carbocycles. The van der Waals surface area contributed by atoms with Gasteiger partial charge in [0.25, 0.3) is 0 Å². The summed E-state index contributed by atoms with van der Waals surface area (Å²) in [5.41, 5.74) is 2.21. The smallest absolute Gasteiger partial charge is 0.152 e. The first-order valence-electron chi connectivity index (χ1n) is 7.07. The van der Waals surface area contributed by atoms with Gasteiger partial charge in [-0.05, 0) is 37.5 Å². The van der Waals surface area contributed by atoms with Crippen molar-refractivity contribution in [1.29, 1.82) is 0 Å². The molecule has 106 valence electrons. The van der Waals surface area contributed by atoms with E-state index in [0.717, 1.165) is 36.1 Å². The number of hydrogen-bond donors (Lipinski definition) is 1. The molecule has 1 aliphatic heterocycles. The van der Waals surface area contributed by atoms with Crippen molar-refractivity contribution in [1.82, 2.24) is 14.8 Å². The van der Waals surface area contributed by atoms with Crippen molar-refractivity contribution in [2.75, 3.05) is 12.4 Å². The molecule has 0 bridgehead atoms. The van der Waals surface area contributed by atoms with E-state index in [1.54, 1.807) is 7.11 Å². The lowest BCUT2D eigenvalue weighted by Gasteiger charge is -2.16. The standard InChI is InChI=1S/C15H20N4O/c1-11-6-7-13(20-2)12(9-11)16-10-15-18-17-14-5-3-4-8-19(14)15/h6-7,9,16H,3-5,8,10H2,1-2H3. The second-order valence-corrected chi connectivity index (χ2v) is 5.20. The molecule has 0 fully saturated rings. The van der Waals surface area contributed by atoms with Gasteiger partial charge >= 0.3 is 0 Å². The molecule has 0 saturated heterocycles. The highest BCUT2D eigenvalue weighted by Gasteiger charge is 2.15. The molecule has 2 aromatic rings. The van der Waals surface area contributed by atoms with E-state index in [0.29, 0.717) is 6.54 Å². The van der Waals surface area contributed by atoms with Crippen LogP contribution in [0.25, 0.3) is 0 Å². The van der Waals surface area contributed by atoms with Gasteiger partial charge in [0.1, 0.15) is 11.6 Å². The number of nitrogens with zero attached hydrogens (tertiary/aromatic N) is 3. The maximum Gasteiger partial charge on any atom is 0.152 e. The Morgan fingerprint density at radius 1 is 1.30 bits per heavy atom. The SMILES string of the molecule is COc1ccc(C)cc1NCc1nnc2n1CCCC2. The van der Waals surface area contributed by atoms with E-state index in [2.05, 4.69) is 33.1 Å². The molecular weight excluding hydrogens is 252 g/mol. The van der Waals surface area contributed by atoms with Crippen LogP contribution in [0.4, 0.5) is 5.69 Å². The molecule has 1 aliphatic rings. The third kappa shape index (κ3) is 2.48. The molecular formula is C15H20N4O. The van der Waals surface area contributed by atoms with Gasteiger partial charge in [-0.15, -0.1) is 10.2 Å². The summed E-state index contributed by atoms with van der Waals surface area (Å²) in [6.45, 7) is 3.78. The van der Waals surface area contributed by atoms with Crippen LogP contribution in [0.15, 0.2) is 18.2 Å². The van der Waals surface area contributed by atoms with Crippen molar-refractivity contribution in [2.24, 2.45) is 0 Å². The zero-order chi connectivity index (χ0) is 13.9. The zero-order valence-electron chi connectivity index (χ0n) is 12.0. The summed E-state index contributed by atoms with van der Waals surface area (Å²) in [5.74, 6) is 2.97. The molecule has 0 amide bonds. The third-order valence-corrected chi connectivity index (χ3v) is 3.73. The predicted molar refractivity (Wildman–Crippen MR) is 78.0 cm³/mol. The van der Waals surface area contributed by atoms with Gasteiger partial charge in [-0.3, -0.25) is 0 Å². The fourth-order valence-electron chi connectivity index (χ4n) is 2.63. The molecule has 1 N–H and O–H groups in total. The number of fused-ring (bicyclic) bond motifs is 1. The quantitative estimate of drug-likeness (QED) is 0.929. The van der Waals surface area contributed by atoms with Crippen molar-refractivity contribution >= 4 is 5.69 Å². The van der Waals surface area contributed by atoms with Crippen molar-refractivity contribution in [2.45, 2.75) is 39.3 Å². The lowest BCUT2D eigenvalue weighted by atomic mass is 10.1. The number of aromatic nitrogens is 3. The second kappa shape index (κ2) is 5.53. The Balaban J connectivity index is 1.76. The second-order valence-electron chi connectivity index (χ2n) is 5.20. The molecule has 0 spiro atoms. The maximum atomic E-state index is 5.38. The number of hydrogen-bond acceptors (Lipinski definition) is 4. The highest BCUT2D eigenvalue weighted by Crippen LogP contribution is 2.26. The van der Waals surface area contributed by atoms with Crippen LogP contribution in [0.1, 0.15) is 30.1 Å². The van der Waals surface area contributed by atoms with E-state index in [1.165, 1.54) is 18.4 Å². The predicted octanol–water partition coefficient (Wildman–Crippen LogP) is 2.54. The molecule has 20 heavy (non-hydrogen) atoms. The Bertz CT molecular complexity index is 606. The summed E-state index contributed by atoms with van der Waals surface area (Å²) in [5, 5.41) is 12.0. The number of ether oxygens (including phenoxy) is 1. The number of methoxy groups -OCH3 is 1. The first-order valence-corrected chi connectivity index (χ1v) is 7.07. The number of benzene rings is 1. The third-order valence-electron chi connectivity index (χ3n) is 3.73. The Labute approximate surface area is 119 Å². The Hall–Kier alpha value is -2.04. The number of rotatable bonds is 4. The van der Waals surface area contributed by atoms with Gasteiger partial charge in [0.05, 0.1) is 19.3 Å². The minimum atomic E-state index is 0.673. The van der Waals surface area contributed by atoms with E-state index in [9.17, 15) is 0 Å². The van der Waals surface area contributed by atoms with Crippen molar-refractivity contribution < 1.29 is 4.74 Å². The van der Waals surface area contributed by atoms with Gasteiger partial charge in [0.2, 0.25) is 0 Å². The highest BCUT2D eigenvalue weighted by molar-refractivity contribution is 5.57. The summed E-state index contributed by atoms with van der Waals surface area (Å²) in [6.07, 6.45) is 3.48. The van der Waals surface area contributed by atoms with E-state index in [4.69, 9.17) is 4.74 Å². The first-order chi connectivity index (χ1) is 9.78. The molecule has 1 aromatic carbocycles. The molecule has 5 nitrogen and oxygen atoms in total. The largest absolute Gasteiger partial charge is 0.495 e. The summed E-state index contributed by atoms with van der Waals surface area (Å²) in [4.78, 5) is 0. The Morgan fingerprint density at radius 2 is 2.20 bits per heavy atom. The zero-order valence-corrected chi connectivity index (χ0v) is 12.0. The van der Waals surface area contributed by atoms with Crippen molar-refractivity contribution in [3.8, 4) is 5.75 Å². The molecule has 5 heteroatoms. The topological polar surface area (TPSA) is 52.0 Å². The maximum absolute atomic E-state index is 5.38. The first kappa shape index (κ1) is 13.0. The van der Waals surface area contributed by atoms with Crippen molar-refractivity contribution in [3.05, 3.63) is 35.4 Å². The lowest BCUT2D eigenvalue weighted by Crippen LogP contribution is -2.15. The van der Waals surface area contributed by atoms with E-state index in [1.807, 2.05) is 12.1 Å². The molecule has 0 unspecified atom stereocenters. The molecule has 0 radical (unpaired) electrons. The minimum Gasteiger partial charge on any atom is -0.495 e.